The van der Waals surface area contributed by atoms with Gasteiger partial charge < -0.3 is 5.11 Å². The van der Waals surface area contributed by atoms with E-state index in [4.69, 9.17) is 4.98 Å². The summed E-state index contributed by atoms with van der Waals surface area (Å²) < 4.78 is 1.18. The van der Waals surface area contributed by atoms with Gasteiger partial charge in [0.25, 0.3) is 0 Å². The first-order valence-corrected chi connectivity index (χ1v) is 8.87. The molecule has 4 nitrogen and oxygen atoms in total. The number of carboxylic acid groups (broad SMARTS) is 1. The second kappa shape index (κ2) is 5.63. The van der Waals surface area contributed by atoms with Gasteiger partial charge in [0.05, 0.1) is 16.8 Å². The number of aromatic nitrogens is 1. The van der Waals surface area contributed by atoms with Gasteiger partial charge in [-0.1, -0.05) is 25.0 Å². The first-order valence-electron chi connectivity index (χ1n) is 8.05. The molecule has 1 aromatic carbocycles. The van der Waals surface area contributed by atoms with Gasteiger partial charge in [-0.05, 0) is 37.3 Å². The number of thiazole rings is 1. The van der Waals surface area contributed by atoms with Crippen molar-refractivity contribution in [3.8, 4) is 0 Å². The van der Waals surface area contributed by atoms with Crippen molar-refractivity contribution >= 4 is 27.5 Å². The molecular formula is C17H20N2O2S. The van der Waals surface area contributed by atoms with E-state index in [0.717, 1.165) is 23.4 Å². The molecule has 1 saturated carbocycles. The molecule has 5 heteroatoms. The highest BCUT2D eigenvalue weighted by Crippen LogP contribution is 2.41. The lowest BCUT2D eigenvalue weighted by molar-refractivity contribution is -0.142. The molecule has 0 amide bonds. The summed E-state index contributed by atoms with van der Waals surface area (Å²) >= 11 is 1.69. The number of hydrogen-bond acceptors (Lipinski definition) is 4. The Morgan fingerprint density at radius 3 is 2.95 bits per heavy atom. The molecule has 0 unspecified atom stereocenters. The monoisotopic (exact) mass is 316 g/mol. The Labute approximate surface area is 133 Å². The van der Waals surface area contributed by atoms with Gasteiger partial charge in [0.15, 0.2) is 0 Å². The molecule has 0 radical (unpaired) electrons. The van der Waals surface area contributed by atoms with Crippen molar-refractivity contribution in [1.29, 1.82) is 0 Å². The van der Waals surface area contributed by atoms with Crippen molar-refractivity contribution in [3.05, 3.63) is 29.3 Å². The molecule has 2 aromatic rings. The number of rotatable bonds is 3. The lowest BCUT2D eigenvalue weighted by Crippen LogP contribution is -2.41. The maximum Gasteiger partial charge on any atom is 0.320 e. The van der Waals surface area contributed by atoms with Crippen LogP contribution < -0.4 is 0 Å². The normalized spacial score (nSPS) is 28.8. The van der Waals surface area contributed by atoms with Crippen LogP contribution in [0.3, 0.4) is 0 Å². The van der Waals surface area contributed by atoms with E-state index in [9.17, 15) is 9.90 Å². The number of nitrogens with zero attached hydrogens (tertiary/aromatic N) is 2. The molecule has 1 N–H and O–H groups in total. The van der Waals surface area contributed by atoms with Gasteiger partial charge in [-0.15, -0.1) is 11.3 Å². The minimum absolute atomic E-state index is 0.333. The van der Waals surface area contributed by atoms with E-state index >= 15 is 0 Å². The van der Waals surface area contributed by atoms with Crippen LogP contribution in [0.15, 0.2) is 24.3 Å². The van der Waals surface area contributed by atoms with E-state index in [0.29, 0.717) is 18.5 Å². The number of carboxylic acids is 1. The average Bonchev–Trinajstić information content (AvgIpc) is 3.09. The van der Waals surface area contributed by atoms with E-state index in [1.807, 2.05) is 18.2 Å². The fraction of sp³-hybridized carbons (Fsp3) is 0.529. The third-order valence-corrected chi connectivity index (χ3v) is 6.18. The Balaban J connectivity index is 1.62. The minimum atomic E-state index is -0.671. The SMILES string of the molecule is O=C(O)[C@@H]1C[C@@H]2CCCC[C@H]2N1Cc1nc2ccccc2s1. The average molecular weight is 316 g/mol. The van der Waals surface area contributed by atoms with Gasteiger partial charge in [-0.25, -0.2) is 4.98 Å². The van der Waals surface area contributed by atoms with Crippen molar-refractivity contribution in [2.75, 3.05) is 0 Å². The number of aliphatic carboxylic acids is 1. The predicted molar refractivity (Wildman–Crippen MR) is 86.9 cm³/mol. The molecule has 2 fully saturated rings. The summed E-state index contributed by atoms with van der Waals surface area (Å²) in [6, 6.07) is 8.23. The van der Waals surface area contributed by atoms with E-state index in [1.54, 1.807) is 11.3 Å². The number of fused-ring (bicyclic) bond motifs is 2. The summed E-state index contributed by atoms with van der Waals surface area (Å²) in [5.74, 6) is -0.111. The van der Waals surface area contributed by atoms with Gasteiger partial charge in [0.1, 0.15) is 11.0 Å². The summed E-state index contributed by atoms with van der Waals surface area (Å²) in [5, 5.41) is 10.6. The van der Waals surface area contributed by atoms with E-state index in [1.165, 1.54) is 24.0 Å². The summed E-state index contributed by atoms with van der Waals surface area (Å²) in [4.78, 5) is 18.6. The first kappa shape index (κ1) is 14.2. The van der Waals surface area contributed by atoms with Crippen molar-refractivity contribution < 1.29 is 9.90 Å². The molecule has 0 bridgehead atoms. The molecule has 1 aliphatic carbocycles. The molecule has 2 heterocycles. The van der Waals surface area contributed by atoms with Gasteiger partial charge in [-0.2, -0.15) is 0 Å². The zero-order valence-electron chi connectivity index (χ0n) is 12.4. The second-order valence-electron chi connectivity index (χ2n) is 6.45. The quantitative estimate of drug-likeness (QED) is 0.941. The summed E-state index contributed by atoms with van der Waals surface area (Å²) in [7, 11) is 0. The molecule has 0 spiro atoms. The summed E-state index contributed by atoms with van der Waals surface area (Å²) in [6.45, 7) is 0.678. The zero-order valence-corrected chi connectivity index (χ0v) is 13.3. The Morgan fingerprint density at radius 2 is 2.14 bits per heavy atom. The van der Waals surface area contributed by atoms with Crippen LogP contribution in [0, 0.1) is 5.92 Å². The standard InChI is InChI=1S/C17H20N2O2S/c20-17(21)14-9-11-5-1-3-7-13(11)19(14)10-16-18-12-6-2-4-8-15(12)22-16/h2,4,6,8,11,13-14H,1,3,5,7,9-10H2,(H,20,21)/t11-,13+,14-/m0/s1. The maximum atomic E-state index is 11.7. The van der Waals surface area contributed by atoms with Crippen LogP contribution in [0.5, 0.6) is 0 Å². The van der Waals surface area contributed by atoms with Crippen LogP contribution >= 0.6 is 11.3 Å². The van der Waals surface area contributed by atoms with Crippen LogP contribution in [-0.4, -0.2) is 33.0 Å². The third-order valence-electron chi connectivity index (χ3n) is 5.16. The second-order valence-corrected chi connectivity index (χ2v) is 7.56. The fourth-order valence-electron chi connectivity index (χ4n) is 4.17. The van der Waals surface area contributed by atoms with Crippen LogP contribution in [0.1, 0.15) is 37.1 Å². The van der Waals surface area contributed by atoms with E-state index < -0.39 is 5.97 Å². The van der Waals surface area contributed by atoms with Gasteiger partial charge in [0, 0.05) is 6.04 Å². The van der Waals surface area contributed by atoms with Crippen molar-refractivity contribution in [2.45, 2.75) is 50.7 Å². The Morgan fingerprint density at radius 1 is 1.32 bits per heavy atom. The molecule has 3 atom stereocenters. The topological polar surface area (TPSA) is 53.4 Å². The molecule has 1 aliphatic heterocycles. The van der Waals surface area contributed by atoms with Crippen molar-refractivity contribution in [3.63, 3.8) is 0 Å². The molecule has 4 rings (SSSR count). The van der Waals surface area contributed by atoms with Gasteiger partial charge >= 0.3 is 5.97 Å². The summed E-state index contributed by atoms with van der Waals surface area (Å²) in [5.41, 5.74) is 1.02. The molecule has 1 saturated heterocycles. The highest BCUT2D eigenvalue weighted by Gasteiger charge is 2.45. The number of likely N-dealkylation sites (tertiary alicyclic amines) is 1. The number of hydrogen-bond donors (Lipinski definition) is 1. The Hall–Kier alpha value is -1.46. The Bertz CT molecular complexity index is 666. The lowest BCUT2D eigenvalue weighted by Gasteiger charge is -2.32. The van der Waals surface area contributed by atoms with E-state index in [2.05, 4.69) is 11.0 Å². The highest BCUT2D eigenvalue weighted by molar-refractivity contribution is 7.18. The Kier molecular flexibility index (Phi) is 3.62. The van der Waals surface area contributed by atoms with Crippen LogP contribution in [0.2, 0.25) is 0 Å². The molecule has 22 heavy (non-hydrogen) atoms. The van der Waals surface area contributed by atoms with Crippen LogP contribution in [0.25, 0.3) is 10.2 Å². The fourth-order valence-corrected chi connectivity index (χ4v) is 5.14. The third kappa shape index (κ3) is 2.42. The molecule has 1 aromatic heterocycles. The minimum Gasteiger partial charge on any atom is -0.480 e. The number of para-hydroxylation sites is 1. The molecule has 2 aliphatic rings. The highest BCUT2D eigenvalue weighted by atomic mass is 32.1. The predicted octanol–water partition coefficient (Wildman–Crippen LogP) is 3.51. The van der Waals surface area contributed by atoms with Crippen LogP contribution in [0.4, 0.5) is 0 Å². The van der Waals surface area contributed by atoms with Crippen molar-refractivity contribution in [2.24, 2.45) is 5.92 Å². The van der Waals surface area contributed by atoms with Gasteiger partial charge in [0.2, 0.25) is 0 Å². The van der Waals surface area contributed by atoms with E-state index in [-0.39, 0.29) is 6.04 Å². The molecule has 116 valence electrons. The molecular weight excluding hydrogens is 296 g/mol. The number of carbonyl (C=O) groups is 1. The lowest BCUT2D eigenvalue weighted by atomic mass is 9.85. The largest absolute Gasteiger partial charge is 0.480 e. The van der Waals surface area contributed by atoms with Gasteiger partial charge in [-0.3, -0.25) is 9.69 Å². The van der Waals surface area contributed by atoms with Crippen molar-refractivity contribution in [1.82, 2.24) is 9.88 Å². The maximum absolute atomic E-state index is 11.7. The zero-order chi connectivity index (χ0) is 15.1. The number of benzene rings is 1. The summed E-state index contributed by atoms with van der Waals surface area (Å²) in [6.07, 6.45) is 5.61. The van der Waals surface area contributed by atoms with Crippen LogP contribution in [-0.2, 0) is 11.3 Å². The smallest absolute Gasteiger partial charge is 0.320 e. The first-order chi connectivity index (χ1) is 10.7.